The van der Waals surface area contributed by atoms with Crippen molar-refractivity contribution in [3.63, 3.8) is 0 Å². The summed E-state index contributed by atoms with van der Waals surface area (Å²) in [6.45, 7) is 4.19. The first-order valence-electron chi connectivity index (χ1n) is 6.56. The maximum absolute atomic E-state index is 5.99. The zero-order valence-corrected chi connectivity index (χ0v) is 12.3. The molecule has 1 aromatic heterocycles. The summed E-state index contributed by atoms with van der Waals surface area (Å²) in [6, 6.07) is 15.2. The predicted octanol–water partition coefficient (Wildman–Crippen LogP) is 3.55. The predicted molar refractivity (Wildman–Crippen MR) is 81.8 cm³/mol. The number of piperazine rings is 1. The van der Waals surface area contributed by atoms with E-state index in [9.17, 15) is 0 Å². The van der Waals surface area contributed by atoms with Gasteiger partial charge in [0.15, 0.2) is 0 Å². The first-order chi connectivity index (χ1) is 9.31. The van der Waals surface area contributed by atoms with Crippen molar-refractivity contribution in [1.29, 1.82) is 0 Å². The molecule has 0 amide bonds. The fourth-order valence-corrected chi connectivity index (χ4v) is 3.65. The molecule has 100 valence electrons. The maximum atomic E-state index is 5.99. The van der Waals surface area contributed by atoms with Gasteiger partial charge in [-0.2, -0.15) is 0 Å². The molecule has 2 nitrogen and oxygen atoms in total. The summed E-state index contributed by atoms with van der Waals surface area (Å²) in [5, 5.41) is 3.59. The van der Waals surface area contributed by atoms with Gasteiger partial charge in [0.1, 0.15) is 0 Å². The Kier molecular flexibility index (Phi) is 4.18. The molecule has 0 aliphatic carbocycles. The van der Waals surface area contributed by atoms with Crippen LogP contribution in [-0.2, 0) is 6.54 Å². The number of benzene rings is 1. The fourth-order valence-electron chi connectivity index (χ4n) is 2.52. The van der Waals surface area contributed by atoms with Gasteiger partial charge >= 0.3 is 0 Å². The van der Waals surface area contributed by atoms with Crippen molar-refractivity contribution in [2.45, 2.75) is 12.6 Å². The van der Waals surface area contributed by atoms with Crippen LogP contribution in [0.1, 0.15) is 16.5 Å². The second-order valence-electron chi connectivity index (χ2n) is 4.86. The maximum Gasteiger partial charge on any atom is 0.0931 e. The monoisotopic (exact) mass is 292 g/mol. The zero-order chi connectivity index (χ0) is 13.1. The molecule has 1 aromatic carbocycles. The molecule has 2 aromatic rings. The third-order valence-corrected chi connectivity index (χ3v) is 4.69. The summed E-state index contributed by atoms with van der Waals surface area (Å²) in [5.74, 6) is 0. The highest BCUT2D eigenvalue weighted by atomic mass is 35.5. The smallest absolute Gasteiger partial charge is 0.0931 e. The Morgan fingerprint density at radius 2 is 2.05 bits per heavy atom. The molecule has 0 bridgehead atoms. The van der Waals surface area contributed by atoms with Gasteiger partial charge in [-0.1, -0.05) is 41.9 Å². The molecule has 19 heavy (non-hydrogen) atoms. The summed E-state index contributed by atoms with van der Waals surface area (Å²) in [5.41, 5.74) is 1.37. The number of rotatable bonds is 3. The average Bonchev–Trinajstić information content (AvgIpc) is 2.85. The van der Waals surface area contributed by atoms with Gasteiger partial charge in [-0.05, 0) is 17.7 Å². The van der Waals surface area contributed by atoms with E-state index in [1.54, 1.807) is 11.3 Å². The molecule has 1 unspecified atom stereocenters. The van der Waals surface area contributed by atoms with Gasteiger partial charge in [0.25, 0.3) is 0 Å². The third-order valence-electron chi connectivity index (χ3n) is 3.47. The highest BCUT2D eigenvalue weighted by molar-refractivity contribution is 7.16. The Labute approximate surface area is 123 Å². The Bertz CT molecular complexity index is 526. The Hall–Kier alpha value is -0.870. The van der Waals surface area contributed by atoms with Crippen LogP contribution in [0, 0.1) is 0 Å². The molecule has 0 radical (unpaired) electrons. The SMILES string of the molecule is Clc1ccc(CN2CCNC(c3ccccc3)C2)s1. The second-order valence-corrected chi connectivity index (χ2v) is 6.66. The summed E-state index contributed by atoms with van der Waals surface area (Å²) < 4.78 is 0.879. The van der Waals surface area contributed by atoms with E-state index >= 15 is 0 Å². The summed E-state index contributed by atoms with van der Waals surface area (Å²) in [7, 11) is 0. The number of halogens is 1. The van der Waals surface area contributed by atoms with Crippen LogP contribution in [0.3, 0.4) is 0 Å². The first-order valence-corrected chi connectivity index (χ1v) is 7.75. The lowest BCUT2D eigenvalue weighted by Crippen LogP contribution is -2.45. The second kappa shape index (κ2) is 6.06. The van der Waals surface area contributed by atoms with Crippen molar-refractivity contribution < 1.29 is 0 Å². The fraction of sp³-hybridized carbons (Fsp3) is 0.333. The van der Waals surface area contributed by atoms with Crippen LogP contribution >= 0.6 is 22.9 Å². The molecule has 0 spiro atoms. The van der Waals surface area contributed by atoms with Crippen LogP contribution < -0.4 is 5.32 Å². The van der Waals surface area contributed by atoms with Gasteiger partial charge in [0.2, 0.25) is 0 Å². The first kappa shape index (κ1) is 13.1. The lowest BCUT2D eigenvalue weighted by Gasteiger charge is -2.33. The van der Waals surface area contributed by atoms with Crippen molar-refractivity contribution in [3.05, 3.63) is 57.2 Å². The van der Waals surface area contributed by atoms with Crippen molar-refractivity contribution in [2.24, 2.45) is 0 Å². The molecule has 1 fully saturated rings. The Morgan fingerprint density at radius 3 is 2.79 bits per heavy atom. The number of nitrogens with zero attached hydrogens (tertiary/aromatic N) is 1. The summed E-state index contributed by atoms with van der Waals surface area (Å²) in [4.78, 5) is 3.84. The van der Waals surface area contributed by atoms with Crippen LogP contribution in [0.25, 0.3) is 0 Å². The average molecular weight is 293 g/mol. The number of hydrogen-bond donors (Lipinski definition) is 1. The number of thiophene rings is 1. The quantitative estimate of drug-likeness (QED) is 0.931. The van der Waals surface area contributed by atoms with E-state index in [1.165, 1.54) is 10.4 Å². The van der Waals surface area contributed by atoms with E-state index < -0.39 is 0 Å². The highest BCUT2D eigenvalue weighted by Crippen LogP contribution is 2.24. The molecule has 1 atom stereocenters. The van der Waals surface area contributed by atoms with Crippen molar-refractivity contribution in [3.8, 4) is 0 Å². The molecular formula is C15H17ClN2S. The van der Waals surface area contributed by atoms with E-state index in [2.05, 4.69) is 46.6 Å². The van der Waals surface area contributed by atoms with Gasteiger partial charge in [0.05, 0.1) is 4.34 Å². The summed E-state index contributed by atoms with van der Waals surface area (Å²) in [6.07, 6.45) is 0. The zero-order valence-electron chi connectivity index (χ0n) is 10.7. The molecular weight excluding hydrogens is 276 g/mol. The normalized spacial score (nSPS) is 20.6. The van der Waals surface area contributed by atoms with Gasteiger partial charge < -0.3 is 5.32 Å². The van der Waals surface area contributed by atoms with Gasteiger partial charge in [-0.3, -0.25) is 4.90 Å². The molecule has 1 aliphatic heterocycles. The van der Waals surface area contributed by atoms with Crippen LogP contribution in [-0.4, -0.2) is 24.5 Å². The van der Waals surface area contributed by atoms with Gasteiger partial charge in [-0.25, -0.2) is 0 Å². The lowest BCUT2D eigenvalue weighted by molar-refractivity contribution is 0.195. The molecule has 1 aliphatic rings. The summed E-state index contributed by atoms with van der Waals surface area (Å²) >= 11 is 7.67. The van der Waals surface area contributed by atoms with E-state index in [0.717, 1.165) is 30.5 Å². The number of hydrogen-bond acceptors (Lipinski definition) is 3. The van der Waals surface area contributed by atoms with E-state index in [-0.39, 0.29) is 0 Å². The van der Waals surface area contributed by atoms with Crippen LogP contribution in [0.2, 0.25) is 4.34 Å². The minimum absolute atomic E-state index is 0.436. The van der Waals surface area contributed by atoms with Crippen molar-refractivity contribution in [1.82, 2.24) is 10.2 Å². The van der Waals surface area contributed by atoms with Crippen molar-refractivity contribution >= 4 is 22.9 Å². The largest absolute Gasteiger partial charge is 0.308 e. The molecule has 0 saturated carbocycles. The minimum Gasteiger partial charge on any atom is -0.308 e. The molecule has 1 N–H and O–H groups in total. The standard InChI is InChI=1S/C15H17ClN2S/c16-15-7-6-13(19-15)10-18-9-8-17-14(11-18)12-4-2-1-3-5-12/h1-7,14,17H,8-11H2. The van der Waals surface area contributed by atoms with E-state index in [4.69, 9.17) is 11.6 Å². The topological polar surface area (TPSA) is 15.3 Å². The third kappa shape index (κ3) is 3.37. The van der Waals surface area contributed by atoms with Gasteiger partial charge in [0, 0.05) is 37.1 Å². The molecule has 4 heteroatoms. The minimum atomic E-state index is 0.436. The van der Waals surface area contributed by atoms with Crippen LogP contribution in [0.5, 0.6) is 0 Å². The highest BCUT2D eigenvalue weighted by Gasteiger charge is 2.20. The lowest BCUT2D eigenvalue weighted by atomic mass is 10.0. The van der Waals surface area contributed by atoms with Crippen molar-refractivity contribution in [2.75, 3.05) is 19.6 Å². The van der Waals surface area contributed by atoms with Crippen LogP contribution in [0.15, 0.2) is 42.5 Å². The van der Waals surface area contributed by atoms with E-state index in [0.29, 0.717) is 6.04 Å². The molecule has 1 saturated heterocycles. The molecule has 2 heterocycles. The van der Waals surface area contributed by atoms with Crippen LogP contribution in [0.4, 0.5) is 0 Å². The number of nitrogens with one attached hydrogen (secondary N) is 1. The Morgan fingerprint density at radius 1 is 1.21 bits per heavy atom. The van der Waals surface area contributed by atoms with Gasteiger partial charge in [-0.15, -0.1) is 11.3 Å². The Balaban J connectivity index is 1.65. The molecule has 3 rings (SSSR count). The van der Waals surface area contributed by atoms with E-state index in [1.807, 2.05) is 6.07 Å².